The lowest BCUT2D eigenvalue weighted by molar-refractivity contribution is 0.0696. The summed E-state index contributed by atoms with van der Waals surface area (Å²) in [4.78, 5) is 16.1. The number of carboxylic acids is 1. The van der Waals surface area contributed by atoms with Crippen molar-refractivity contribution in [1.82, 2.24) is 14.8 Å². The highest BCUT2D eigenvalue weighted by atomic mass is 16.5. The third-order valence-electron chi connectivity index (χ3n) is 4.87. The van der Waals surface area contributed by atoms with E-state index in [0.29, 0.717) is 12.5 Å². The van der Waals surface area contributed by atoms with Crippen molar-refractivity contribution in [3.8, 4) is 5.69 Å². The number of carbonyl (C=O) groups is 1. The molecule has 7 nitrogen and oxygen atoms in total. The Morgan fingerprint density at radius 3 is 2.60 bits per heavy atom. The molecule has 25 heavy (non-hydrogen) atoms. The maximum atomic E-state index is 11.3. The fourth-order valence-corrected chi connectivity index (χ4v) is 3.43. The molecule has 4 rings (SSSR count). The molecule has 2 fully saturated rings. The Labute approximate surface area is 145 Å². The highest BCUT2D eigenvalue weighted by Crippen LogP contribution is 2.30. The number of nitrogens with zero attached hydrogens (tertiary/aromatic N) is 3. The van der Waals surface area contributed by atoms with E-state index in [2.05, 4.69) is 0 Å². The number of hydrogen-bond donors (Lipinski definition) is 1. The zero-order valence-corrected chi connectivity index (χ0v) is 13.9. The molecule has 2 aliphatic heterocycles. The number of aromatic nitrogens is 3. The summed E-state index contributed by atoms with van der Waals surface area (Å²) in [6, 6.07) is 6.84. The number of ether oxygens (including phenoxy) is 2. The zero-order valence-electron chi connectivity index (χ0n) is 13.9. The number of hydrogen-bond acceptors (Lipinski definition) is 5. The number of aromatic carboxylic acids is 1. The molecule has 0 saturated carbocycles. The first-order valence-corrected chi connectivity index (χ1v) is 8.68. The minimum atomic E-state index is -0.947. The molecule has 2 aromatic rings. The van der Waals surface area contributed by atoms with Crippen LogP contribution < -0.4 is 0 Å². The van der Waals surface area contributed by atoms with E-state index in [1.807, 2.05) is 6.07 Å². The van der Waals surface area contributed by atoms with Crippen LogP contribution in [0, 0.1) is 0 Å². The van der Waals surface area contributed by atoms with Crippen molar-refractivity contribution >= 4 is 5.97 Å². The highest BCUT2D eigenvalue weighted by Gasteiger charge is 2.28. The molecule has 0 aliphatic carbocycles. The average Bonchev–Trinajstić information content (AvgIpc) is 3.32. The van der Waals surface area contributed by atoms with Crippen LogP contribution in [0.25, 0.3) is 5.69 Å². The number of carboxylic acid groups (broad SMARTS) is 1. The van der Waals surface area contributed by atoms with Gasteiger partial charge in [0.1, 0.15) is 5.82 Å². The van der Waals surface area contributed by atoms with Crippen molar-refractivity contribution in [2.45, 2.75) is 31.1 Å². The van der Waals surface area contributed by atoms with Gasteiger partial charge in [-0.3, -0.25) is 0 Å². The zero-order chi connectivity index (χ0) is 17.2. The van der Waals surface area contributed by atoms with E-state index in [1.165, 1.54) is 0 Å². The highest BCUT2D eigenvalue weighted by molar-refractivity contribution is 5.88. The Morgan fingerprint density at radius 1 is 1.12 bits per heavy atom. The summed E-state index contributed by atoms with van der Waals surface area (Å²) in [5.41, 5.74) is 0.974. The summed E-state index contributed by atoms with van der Waals surface area (Å²) < 4.78 is 12.8. The molecular weight excluding hydrogens is 322 g/mol. The summed E-state index contributed by atoms with van der Waals surface area (Å²) in [5.74, 6) is 1.22. The second-order valence-corrected chi connectivity index (χ2v) is 6.54. The molecule has 1 atom stereocenters. The van der Waals surface area contributed by atoms with E-state index in [-0.39, 0.29) is 11.5 Å². The fourth-order valence-electron chi connectivity index (χ4n) is 3.43. The molecule has 0 radical (unpaired) electrons. The summed E-state index contributed by atoms with van der Waals surface area (Å²) in [7, 11) is 0. The van der Waals surface area contributed by atoms with Crippen LogP contribution in [-0.4, -0.2) is 52.3 Å². The molecule has 1 N–H and O–H groups in total. The first-order valence-electron chi connectivity index (χ1n) is 8.68. The summed E-state index contributed by atoms with van der Waals surface area (Å²) >= 11 is 0. The first-order chi connectivity index (χ1) is 12.2. The van der Waals surface area contributed by atoms with Gasteiger partial charge in [0.05, 0.1) is 17.9 Å². The largest absolute Gasteiger partial charge is 0.478 e. The monoisotopic (exact) mass is 343 g/mol. The van der Waals surface area contributed by atoms with Crippen molar-refractivity contribution in [3.05, 3.63) is 41.5 Å². The van der Waals surface area contributed by atoms with Gasteiger partial charge in [0.15, 0.2) is 5.82 Å². The third kappa shape index (κ3) is 3.29. The van der Waals surface area contributed by atoms with Crippen LogP contribution in [-0.2, 0) is 9.47 Å². The standard InChI is InChI=1S/C18H21N3O4/c22-18(23)13-2-1-3-15(10-13)21-17(14-6-9-25-11-14)19-16(20-21)12-4-7-24-8-5-12/h1-3,10,12,14H,4-9,11H2,(H,22,23)/t14-/m1/s1. The van der Waals surface area contributed by atoms with Crippen molar-refractivity contribution in [3.63, 3.8) is 0 Å². The topological polar surface area (TPSA) is 86.5 Å². The predicted molar refractivity (Wildman–Crippen MR) is 89.3 cm³/mol. The van der Waals surface area contributed by atoms with Crippen LogP contribution >= 0.6 is 0 Å². The average molecular weight is 343 g/mol. The molecule has 0 bridgehead atoms. The lowest BCUT2D eigenvalue weighted by Crippen LogP contribution is -2.15. The maximum absolute atomic E-state index is 11.3. The Balaban J connectivity index is 1.75. The van der Waals surface area contributed by atoms with Gasteiger partial charge in [-0.05, 0) is 37.5 Å². The Hall–Kier alpha value is -2.25. The molecule has 132 valence electrons. The van der Waals surface area contributed by atoms with Crippen molar-refractivity contribution in [2.75, 3.05) is 26.4 Å². The van der Waals surface area contributed by atoms with Gasteiger partial charge in [-0.1, -0.05) is 6.07 Å². The fraction of sp³-hybridized carbons (Fsp3) is 0.500. The molecule has 2 aliphatic rings. The molecule has 0 amide bonds. The summed E-state index contributed by atoms with van der Waals surface area (Å²) in [6.07, 6.45) is 2.74. The van der Waals surface area contributed by atoms with Gasteiger partial charge in [0.2, 0.25) is 0 Å². The SMILES string of the molecule is O=C(O)c1cccc(-n2nc(C3CCOCC3)nc2[C@@H]2CCOC2)c1. The predicted octanol–water partition coefficient (Wildman–Crippen LogP) is 2.36. The van der Waals surface area contributed by atoms with Crippen molar-refractivity contribution in [2.24, 2.45) is 0 Å². The van der Waals surface area contributed by atoms with E-state index in [1.54, 1.807) is 22.9 Å². The van der Waals surface area contributed by atoms with Crippen LogP contribution in [0.4, 0.5) is 0 Å². The molecule has 7 heteroatoms. The van der Waals surface area contributed by atoms with Crippen molar-refractivity contribution in [1.29, 1.82) is 0 Å². The molecule has 3 heterocycles. The van der Waals surface area contributed by atoms with Gasteiger partial charge in [-0.15, -0.1) is 0 Å². The Bertz CT molecular complexity index is 761. The van der Waals surface area contributed by atoms with Gasteiger partial charge in [0.25, 0.3) is 0 Å². The lowest BCUT2D eigenvalue weighted by atomic mass is 10.00. The number of rotatable bonds is 4. The smallest absolute Gasteiger partial charge is 0.335 e. The van der Waals surface area contributed by atoms with Crippen LogP contribution in [0.15, 0.2) is 24.3 Å². The van der Waals surface area contributed by atoms with E-state index in [9.17, 15) is 9.90 Å². The molecule has 0 spiro atoms. The van der Waals surface area contributed by atoms with Gasteiger partial charge in [-0.25, -0.2) is 14.5 Å². The van der Waals surface area contributed by atoms with Crippen molar-refractivity contribution < 1.29 is 19.4 Å². The summed E-state index contributed by atoms with van der Waals surface area (Å²) in [6.45, 7) is 2.81. The Kier molecular flexibility index (Phi) is 4.50. The van der Waals surface area contributed by atoms with Gasteiger partial charge in [-0.2, -0.15) is 5.10 Å². The van der Waals surface area contributed by atoms with Gasteiger partial charge in [0, 0.05) is 31.7 Å². The van der Waals surface area contributed by atoms with E-state index in [4.69, 9.17) is 19.6 Å². The van der Waals surface area contributed by atoms with E-state index < -0.39 is 5.97 Å². The van der Waals surface area contributed by atoms with E-state index >= 15 is 0 Å². The molecule has 0 unspecified atom stereocenters. The minimum absolute atomic E-state index is 0.189. The second kappa shape index (κ2) is 6.93. The van der Waals surface area contributed by atoms with Crippen LogP contribution in [0.1, 0.15) is 53.1 Å². The molecule has 1 aromatic heterocycles. The second-order valence-electron chi connectivity index (χ2n) is 6.54. The van der Waals surface area contributed by atoms with Crippen LogP contribution in [0.2, 0.25) is 0 Å². The van der Waals surface area contributed by atoms with Gasteiger partial charge < -0.3 is 14.6 Å². The number of benzene rings is 1. The van der Waals surface area contributed by atoms with E-state index in [0.717, 1.165) is 56.4 Å². The van der Waals surface area contributed by atoms with Crippen LogP contribution in [0.5, 0.6) is 0 Å². The lowest BCUT2D eigenvalue weighted by Gasteiger charge is -2.18. The normalized spacial score (nSPS) is 21.5. The summed E-state index contributed by atoms with van der Waals surface area (Å²) in [5, 5.41) is 14.0. The maximum Gasteiger partial charge on any atom is 0.335 e. The molecular formula is C18H21N3O4. The first kappa shape index (κ1) is 16.2. The van der Waals surface area contributed by atoms with Gasteiger partial charge >= 0.3 is 5.97 Å². The Morgan fingerprint density at radius 2 is 1.88 bits per heavy atom. The minimum Gasteiger partial charge on any atom is -0.478 e. The third-order valence-corrected chi connectivity index (χ3v) is 4.87. The molecule has 2 saturated heterocycles. The van der Waals surface area contributed by atoms with Crippen LogP contribution in [0.3, 0.4) is 0 Å². The quantitative estimate of drug-likeness (QED) is 0.917. The molecule has 1 aromatic carbocycles.